The number of hydrogen-bond donors (Lipinski definition) is 0. The van der Waals surface area contributed by atoms with Gasteiger partial charge in [0, 0.05) is 44.0 Å². The van der Waals surface area contributed by atoms with Crippen molar-refractivity contribution in [3.05, 3.63) is 47.6 Å². The molecule has 0 N–H and O–H groups in total. The van der Waals surface area contributed by atoms with Gasteiger partial charge in [-0.05, 0) is 37.5 Å². The number of rotatable bonds is 9. The number of nitrogens with zero attached hydrogens (tertiary/aromatic N) is 6. The zero-order valence-electron chi connectivity index (χ0n) is 19.9. The highest BCUT2D eigenvalue weighted by atomic mass is 19.1. The van der Waals surface area contributed by atoms with Gasteiger partial charge in [0.25, 0.3) is 0 Å². The maximum Gasteiger partial charge on any atom is 0.227 e. The molecule has 0 unspecified atom stereocenters. The Labute approximate surface area is 203 Å². The summed E-state index contributed by atoms with van der Waals surface area (Å²) in [6, 6.07) is 3.61. The van der Waals surface area contributed by atoms with E-state index < -0.39 is 17.2 Å². The van der Waals surface area contributed by atoms with E-state index in [0.717, 1.165) is 62.9 Å². The van der Waals surface area contributed by atoms with Gasteiger partial charge in [-0.1, -0.05) is 19.0 Å². The minimum absolute atomic E-state index is 0.103. The average molecular weight is 483 g/mol. The van der Waals surface area contributed by atoms with Crippen LogP contribution >= 0.6 is 0 Å². The average Bonchev–Trinajstić information content (AvgIpc) is 3.30. The van der Waals surface area contributed by atoms with Crippen LogP contribution in [-0.2, 0) is 6.42 Å². The van der Waals surface area contributed by atoms with Crippen LogP contribution in [-0.4, -0.2) is 39.8 Å². The van der Waals surface area contributed by atoms with Crippen molar-refractivity contribution in [3.63, 3.8) is 0 Å². The number of anilines is 1. The number of aromatic nitrogens is 4. The molecule has 1 aliphatic rings. The van der Waals surface area contributed by atoms with Crippen LogP contribution in [0.1, 0.15) is 51.0 Å². The van der Waals surface area contributed by atoms with E-state index in [9.17, 15) is 8.78 Å². The summed E-state index contributed by atoms with van der Waals surface area (Å²) < 4.78 is 38.1. The first-order chi connectivity index (χ1) is 16.9. The Bertz CT molecular complexity index is 1140. The molecule has 0 spiro atoms. The molecule has 4 rings (SSSR count). The first kappa shape index (κ1) is 24.5. The van der Waals surface area contributed by atoms with Crippen LogP contribution in [0.3, 0.4) is 0 Å². The molecule has 1 aromatic carbocycles. The Balaban J connectivity index is 1.20. The van der Waals surface area contributed by atoms with Gasteiger partial charge in [0.1, 0.15) is 29.0 Å². The normalized spacial score (nSPS) is 14.3. The quantitative estimate of drug-likeness (QED) is 0.395. The topological polar surface area (TPSA) is 101 Å². The lowest BCUT2D eigenvalue weighted by atomic mass is 9.92. The van der Waals surface area contributed by atoms with Gasteiger partial charge in [0.05, 0.1) is 12.2 Å². The van der Waals surface area contributed by atoms with Gasteiger partial charge < -0.3 is 14.2 Å². The van der Waals surface area contributed by atoms with Crippen LogP contribution in [0.2, 0.25) is 0 Å². The number of hydrogen-bond acceptors (Lipinski definition) is 8. The van der Waals surface area contributed by atoms with Crippen LogP contribution in [0.25, 0.3) is 11.4 Å². The van der Waals surface area contributed by atoms with E-state index in [0.29, 0.717) is 36.1 Å². The fourth-order valence-corrected chi connectivity index (χ4v) is 4.13. The number of nitriles is 1. The molecule has 1 fully saturated rings. The van der Waals surface area contributed by atoms with Crippen molar-refractivity contribution in [3.8, 4) is 23.2 Å². The Hall–Kier alpha value is -3.61. The van der Waals surface area contributed by atoms with Crippen molar-refractivity contribution in [1.82, 2.24) is 20.1 Å². The molecule has 0 aliphatic carbocycles. The monoisotopic (exact) mass is 482 g/mol. The van der Waals surface area contributed by atoms with Gasteiger partial charge in [-0.25, -0.2) is 18.7 Å². The van der Waals surface area contributed by atoms with Gasteiger partial charge in [-0.15, -0.1) is 0 Å². The second-order valence-electron chi connectivity index (χ2n) is 9.18. The molecule has 2 aromatic heterocycles. The number of benzene rings is 1. The number of ether oxygens (including phenoxy) is 1. The Morgan fingerprint density at radius 1 is 1.17 bits per heavy atom. The standard InChI is InChI=1S/C25H28F2N6O2/c1-16(2)10-23-31-24(32-35-23)18-14-29-25(30-15-18)33-7-5-17(6-8-33)4-3-9-34-19-11-21(26)20(13-28)22(27)12-19/h11-12,14-17H,3-10H2,1-2H3. The molecule has 1 saturated heterocycles. The number of piperidine rings is 1. The lowest BCUT2D eigenvalue weighted by Gasteiger charge is -2.32. The Kier molecular flexibility index (Phi) is 7.85. The second-order valence-corrected chi connectivity index (χ2v) is 9.18. The van der Waals surface area contributed by atoms with Gasteiger partial charge in [-0.3, -0.25) is 0 Å². The zero-order valence-corrected chi connectivity index (χ0v) is 19.9. The molecule has 3 heterocycles. The Morgan fingerprint density at radius 2 is 1.86 bits per heavy atom. The van der Waals surface area contributed by atoms with E-state index in [1.165, 1.54) is 6.07 Å². The summed E-state index contributed by atoms with van der Waals surface area (Å²) in [5.74, 6) is 1.08. The molecule has 1 aliphatic heterocycles. The van der Waals surface area contributed by atoms with E-state index in [1.54, 1.807) is 12.4 Å². The third-order valence-electron chi connectivity index (χ3n) is 6.00. The molecule has 0 amide bonds. The summed E-state index contributed by atoms with van der Waals surface area (Å²) in [5, 5.41) is 12.8. The van der Waals surface area contributed by atoms with Crippen LogP contribution in [0, 0.1) is 34.8 Å². The summed E-state index contributed by atoms with van der Waals surface area (Å²) in [6.45, 7) is 6.28. The summed E-state index contributed by atoms with van der Waals surface area (Å²) in [5.41, 5.74) is 0.137. The fourth-order valence-electron chi connectivity index (χ4n) is 4.13. The smallest absolute Gasteiger partial charge is 0.227 e. The van der Waals surface area contributed by atoms with Crippen molar-refractivity contribution in [1.29, 1.82) is 5.26 Å². The molecule has 8 nitrogen and oxygen atoms in total. The molecule has 184 valence electrons. The van der Waals surface area contributed by atoms with E-state index in [1.807, 2.05) is 0 Å². The van der Waals surface area contributed by atoms with E-state index in [4.69, 9.17) is 14.5 Å². The maximum atomic E-state index is 13.7. The first-order valence-corrected chi connectivity index (χ1v) is 11.8. The summed E-state index contributed by atoms with van der Waals surface area (Å²) in [6.07, 6.45) is 7.95. The summed E-state index contributed by atoms with van der Waals surface area (Å²) in [4.78, 5) is 15.6. The minimum atomic E-state index is -0.904. The van der Waals surface area contributed by atoms with Crippen LogP contribution in [0.5, 0.6) is 5.75 Å². The van der Waals surface area contributed by atoms with Crippen molar-refractivity contribution >= 4 is 5.95 Å². The maximum absolute atomic E-state index is 13.7. The highest BCUT2D eigenvalue weighted by Gasteiger charge is 2.21. The van der Waals surface area contributed by atoms with Crippen LogP contribution < -0.4 is 9.64 Å². The molecule has 0 saturated carbocycles. The summed E-state index contributed by atoms with van der Waals surface area (Å²) >= 11 is 0. The van der Waals surface area contributed by atoms with Gasteiger partial charge in [-0.2, -0.15) is 10.2 Å². The molecule has 10 heteroatoms. The highest BCUT2D eigenvalue weighted by molar-refractivity contribution is 5.52. The van der Waals surface area contributed by atoms with Crippen molar-refractivity contribution in [2.24, 2.45) is 11.8 Å². The predicted molar refractivity (Wildman–Crippen MR) is 125 cm³/mol. The van der Waals surface area contributed by atoms with Crippen molar-refractivity contribution < 1.29 is 18.0 Å². The lowest BCUT2D eigenvalue weighted by molar-refractivity contribution is 0.277. The second kappa shape index (κ2) is 11.2. The molecular formula is C25H28F2N6O2. The largest absolute Gasteiger partial charge is 0.493 e. The van der Waals surface area contributed by atoms with E-state index >= 15 is 0 Å². The SMILES string of the molecule is CC(C)Cc1nc(-c2cnc(N3CCC(CCCOc4cc(F)c(C#N)c(F)c4)CC3)nc2)no1. The predicted octanol–water partition coefficient (Wildman–Crippen LogP) is 4.95. The van der Waals surface area contributed by atoms with E-state index in [-0.39, 0.29) is 5.75 Å². The zero-order chi connectivity index (χ0) is 24.8. The molecule has 0 atom stereocenters. The van der Waals surface area contributed by atoms with Crippen molar-refractivity contribution in [2.45, 2.75) is 46.0 Å². The van der Waals surface area contributed by atoms with Gasteiger partial charge in [0.15, 0.2) is 0 Å². The first-order valence-electron chi connectivity index (χ1n) is 11.8. The van der Waals surface area contributed by atoms with Gasteiger partial charge in [0.2, 0.25) is 17.7 Å². The minimum Gasteiger partial charge on any atom is -0.493 e. The van der Waals surface area contributed by atoms with Gasteiger partial charge >= 0.3 is 0 Å². The van der Waals surface area contributed by atoms with Crippen molar-refractivity contribution in [2.75, 3.05) is 24.6 Å². The molecule has 35 heavy (non-hydrogen) atoms. The number of halogens is 2. The highest BCUT2D eigenvalue weighted by Crippen LogP contribution is 2.26. The summed E-state index contributed by atoms with van der Waals surface area (Å²) in [7, 11) is 0. The fraction of sp³-hybridized carbons (Fsp3) is 0.480. The lowest BCUT2D eigenvalue weighted by Crippen LogP contribution is -2.34. The van der Waals surface area contributed by atoms with Crippen LogP contribution in [0.15, 0.2) is 29.0 Å². The third-order valence-corrected chi connectivity index (χ3v) is 6.00. The van der Waals surface area contributed by atoms with E-state index in [2.05, 4.69) is 38.9 Å². The molecule has 3 aromatic rings. The Morgan fingerprint density at radius 3 is 2.49 bits per heavy atom. The molecule has 0 bridgehead atoms. The molecule has 0 radical (unpaired) electrons. The molecular weight excluding hydrogens is 454 g/mol. The van der Waals surface area contributed by atoms with Crippen LogP contribution in [0.4, 0.5) is 14.7 Å². The third kappa shape index (κ3) is 6.29.